The number of nitrogen functional groups attached to an aromatic ring is 1. The van der Waals surface area contributed by atoms with Crippen LogP contribution in [0.4, 0.5) is 24.5 Å². The van der Waals surface area contributed by atoms with Crippen molar-refractivity contribution in [1.29, 1.82) is 0 Å². The third-order valence-electron chi connectivity index (χ3n) is 5.94. The Morgan fingerprint density at radius 1 is 1.17 bits per heavy atom. The van der Waals surface area contributed by atoms with Crippen molar-refractivity contribution in [3.63, 3.8) is 0 Å². The second-order valence-electron chi connectivity index (χ2n) is 8.38. The standard InChI is InChI=1S/C25H20ClF3N4OS/c26-16-6-7-20(18(11-16)25(27,28)29)31-23(34)22-21(30)17-10-15-13-33(12-14-4-2-1-3-5-14)9-8-19(15)32-24(17)35-22/h1-7,10-11H,8-9,12-13,30H2,(H,31,34). The van der Waals surface area contributed by atoms with Crippen LogP contribution >= 0.6 is 22.9 Å². The van der Waals surface area contributed by atoms with Crippen LogP contribution in [0.2, 0.25) is 5.02 Å². The Balaban J connectivity index is 1.41. The number of anilines is 2. The lowest BCUT2D eigenvalue weighted by molar-refractivity contribution is -0.136. The van der Waals surface area contributed by atoms with E-state index >= 15 is 0 Å². The minimum atomic E-state index is -4.68. The molecule has 2 aromatic heterocycles. The summed E-state index contributed by atoms with van der Waals surface area (Å²) in [7, 11) is 0. The van der Waals surface area contributed by atoms with E-state index in [1.54, 1.807) is 0 Å². The smallest absolute Gasteiger partial charge is 0.397 e. The van der Waals surface area contributed by atoms with Crippen LogP contribution in [0, 0.1) is 0 Å². The minimum Gasteiger partial charge on any atom is -0.397 e. The highest BCUT2D eigenvalue weighted by molar-refractivity contribution is 7.21. The van der Waals surface area contributed by atoms with Crippen molar-refractivity contribution in [2.75, 3.05) is 17.6 Å². The van der Waals surface area contributed by atoms with E-state index in [0.717, 1.165) is 54.2 Å². The van der Waals surface area contributed by atoms with E-state index in [9.17, 15) is 18.0 Å². The molecule has 0 fully saturated rings. The number of carbonyl (C=O) groups excluding carboxylic acids is 1. The summed E-state index contributed by atoms with van der Waals surface area (Å²) in [5, 5.41) is 2.90. The molecule has 4 aromatic rings. The Morgan fingerprint density at radius 2 is 1.94 bits per heavy atom. The normalized spacial score (nSPS) is 14.2. The molecule has 0 aliphatic carbocycles. The second kappa shape index (κ2) is 9.14. The molecule has 1 aliphatic heterocycles. The summed E-state index contributed by atoms with van der Waals surface area (Å²) >= 11 is 6.81. The molecule has 5 rings (SSSR count). The van der Waals surface area contributed by atoms with Crippen LogP contribution < -0.4 is 11.1 Å². The van der Waals surface area contributed by atoms with Gasteiger partial charge in [-0.25, -0.2) is 4.98 Å². The van der Waals surface area contributed by atoms with Gasteiger partial charge in [0.2, 0.25) is 0 Å². The molecule has 0 spiro atoms. The average Bonchev–Trinajstić information content (AvgIpc) is 3.14. The third-order valence-corrected chi connectivity index (χ3v) is 7.29. The molecule has 3 N–H and O–H groups in total. The van der Waals surface area contributed by atoms with Crippen molar-refractivity contribution in [3.8, 4) is 0 Å². The van der Waals surface area contributed by atoms with Gasteiger partial charge in [0.25, 0.3) is 5.91 Å². The lowest BCUT2D eigenvalue weighted by Crippen LogP contribution is -2.30. The van der Waals surface area contributed by atoms with Crippen LogP contribution in [0.1, 0.15) is 32.1 Å². The number of alkyl halides is 3. The number of halogens is 4. The first kappa shape index (κ1) is 23.6. The van der Waals surface area contributed by atoms with E-state index in [1.807, 2.05) is 24.3 Å². The van der Waals surface area contributed by atoms with E-state index in [4.69, 9.17) is 22.3 Å². The molecule has 0 saturated carbocycles. The van der Waals surface area contributed by atoms with Crippen molar-refractivity contribution in [1.82, 2.24) is 9.88 Å². The van der Waals surface area contributed by atoms with E-state index in [-0.39, 0.29) is 21.3 Å². The topological polar surface area (TPSA) is 71.2 Å². The maximum absolute atomic E-state index is 13.4. The fourth-order valence-electron chi connectivity index (χ4n) is 4.24. The second-order valence-corrected chi connectivity index (χ2v) is 9.82. The molecule has 1 aliphatic rings. The van der Waals surface area contributed by atoms with Gasteiger partial charge in [0.05, 0.1) is 16.9 Å². The highest BCUT2D eigenvalue weighted by Crippen LogP contribution is 2.39. The zero-order valence-corrected chi connectivity index (χ0v) is 19.9. The van der Waals surface area contributed by atoms with Gasteiger partial charge in [0.15, 0.2) is 0 Å². The number of hydrogen-bond acceptors (Lipinski definition) is 5. The van der Waals surface area contributed by atoms with Gasteiger partial charge >= 0.3 is 6.18 Å². The number of amides is 1. The van der Waals surface area contributed by atoms with Crippen LogP contribution in [0.5, 0.6) is 0 Å². The maximum Gasteiger partial charge on any atom is 0.418 e. The van der Waals surface area contributed by atoms with Gasteiger partial charge in [-0.05, 0) is 35.4 Å². The van der Waals surface area contributed by atoms with Crippen LogP contribution in [-0.2, 0) is 25.7 Å². The number of carbonyl (C=O) groups is 1. The molecule has 0 saturated heterocycles. The largest absolute Gasteiger partial charge is 0.418 e. The molecule has 35 heavy (non-hydrogen) atoms. The molecule has 0 unspecified atom stereocenters. The first-order valence-electron chi connectivity index (χ1n) is 10.8. The first-order valence-corrected chi connectivity index (χ1v) is 12.0. The van der Waals surface area contributed by atoms with Crippen LogP contribution in [0.25, 0.3) is 10.2 Å². The molecular formula is C25H20ClF3N4OS. The highest BCUT2D eigenvalue weighted by Gasteiger charge is 2.34. The molecule has 0 radical (unpaired) electrons. The number of aromatic nitrogens is 1. The summed E-state index contributed by atoms with van der Waals surface area (Å²) in [5.41, 5.74) is 8.30. The maximum atomic E-state index is 13.4. The van der Waals surface area contributed by atoms with Gasteiger partial charge < -0.3 is 11.1 Å². The zero-order valence-electron chi connectivity index (χ0n) is 18.3. The fraction of sp³-hybridized carbons (Fsp3) is 0.200. The van der Waals surface area contributed by atoms with Crippen LogP contribution in [-0.4, -0.2) is 22.3 Å². The van der Waals surface area contributed by atoms with Gasteiger partial charge in [0.1, 0.15) is 9.71 Å². The van der Waals surface area contributed by atoms with Gasteiger partial charge in [-0.3, -0.25) is 9.69 Å². The Kier molecular flexibility index (Phi) is 6.16. The number of benzene rings is 2. The Hall–Kier alpha value is -3.14. The number of rotatable bonds is 4. The van der Waals surface area contributed by atoms with Crippen molar-refractivity contribution in [2.45, 2.75) is 25.7 Å². The summed E-state index contributed by atoms with van der Waals surface area (Å²) in [6, 6.07) is 15.3. The fourth-order valence-corrected chi connectivity index (χ4v) is 5.40. The molecule has 5 nitrogen and oxygen atoms in total. The summed E-state index contributed by atoms with van der Waals surface area (Å²) in [5.74, 6) is -0.720. The van der Waals surface area contributed by atoms with Gasteiger partial charge in [0, 0.05) is 42.2 Å². The first-order chi connectivity index (χ1) is 16.7. The summed E-state index contributed by atoms with van der Waals surface area (Å²) < 4.78 is 40.3. The van der Waals surface area contributed by atoms with Gasteiger partial charge in [-0.15, -0.1) is 11.3 Å². The molecule has 1 amide bonds. The molecular weight excluding hydrogens is 497 g/mol. The number of nitrogens with two attached hydrogens (primary N) is 1. The highest BCUT2D eigenvalue weighted by atomic mass is 35.5. The van der Waals surface area contributed by atoms with Gasteiger partial charge in [-0.2, -0.15) is 13.2 Å². The number of nitrogens with zero attached hydrogens (tertiary/aromatic N) is 2. The lowest BCUT2D eigenvalue weighted by atomic mass is 10.0. The van der Waals surface area contributed by atoms with E-state index in [2.05, 4.69) is 22.3 Å². The predicted octanol–water partition coefficient (Wildman–Crippen LogP) is 6.36. The van der Waals surface area contributed by atoms with Crippen LogP contribution in [0.3, 0.4) is 0 Å². The monoisotopic (exact) mass is 516 g/mol. The lowest BCUT2D eigenvalue weighted by Gasteiger charge is -2.28. The molecule has 2 aromatic carbocycles. The quantitative estimate of drug-likeness (QED) is 0.331. The molecule has 0 atom stereocenters. The number of thiophene rings is 1. The predicted molar refractivity (Wildman–Crippen MR) is 133 cm³/mol. The molecule has 0 bridgehead atoms. The SMILES string of the molecule is Nc1c(C(=O)Nc2ccc(Cl)cc2C(F)(F)F)sc2nc3c(cc12)CN(Cc1ccccc1)CC3. The molecule has 180 valence electrons. The van der Waals surface area contributed by atoms with Crippen molar-refractivity contribution in [2.24, 2.45) is 0 Å². The summed E-state index contributed by atoms with van der Waals surface area (Å²) in [4.78, 5) is 20.7. The molecule has 3 heterocycles. The zero-order chi connectivity index (χ0) is 24.7. The van der Waals surface area contributed by atoms with Gasteiger partial charge in [-0.1, -0.05) is 41.9 Å². The number of fused-ring (bicyclic) bond motifs is 2. The summed E-state index contributed by atoms with van der Waals surface area (Å²) in [6.45, 7) is 2.36. The third kappa shape index (κ3) is 4.84. The number of pyridine rings is 1. The Morgan fingerprint density at radius 3 is 2.69 bits per heavy atom. The average molecular weight is 517 g/mol. The van der Waals surface area contributed by atoms with Crippen molar-refractivity contribution < 1.29 is 18.0 Å². The minimum absolute atomic E-state index is 0.0761. The summed E-state index contributed by atoms with van der Waals surface area (Å²) in [6.07, 6.45) is -3.91. The number of hydrogen-bond donors (Lipinski definition) is 2. The van der Waals surface area contributed by atoms with E-state index in [1.165, 1.54) is 11.6 Å². The van der Waals surface area contributed by atoms with Crippen molar-refractivity contribution >= 4 is 50.4 Å². The molecule has 10 heteroatoms. The number of nitrogens with one attached hydrogen (secondary N) is 1. The van der Waals surface area contributed by atoms with E-state index < -0.39 is 17.6 Å². The Bertz CT molecular complexity index is 1420. The van der Waals surface area contributed by atoms with E-state index in [0.29, 0.717) is 16.8 Å². The van der Waals surface area contributed by atoms with Crippen LogP contribution in [0.15, 0.2) is 54.6 Å². The van der Waals surface area contributed by atoms with Crippen molar-refractivity contribution in [3.05, 3.63) is 86.9 Å². The Labute approximate surface area is 208 Å².